The van der Waals surface area contributed by atoms with E-state index in [0.29, 0.717) is 24.8 Å². The molecule has 7 nitrogen and oxygen atoms in total. The zero-order chi connectivity index (χ0) is 20.9. The molecule has 1 aromatic heterocycles. The van der Waals surface area contributed by atoms with Crippen LogP contribution in [-0.4, -0.2) is 42.7 Å². The summed E-state index contributed by atoms with van der Waals surface area (Å²) in [5.41, 5.74) is 2.37. The van der Waals surface area contributed by atoms with Gasteiger partial charge in [0.2, 0.25) is 5.91 Å². The van der Waals surface area contributed by atoms with E-state index in [1.807, 2.05) is 55.5 Å². The highest BCUT2D eigenvalue weighted by molar-refractivity contribution is 5.93. The molecule has 0 radical (unpaired) electrons. The fourth-order valence-electron chi connectivity index (χ4n) is 3.75. The fourth-order valence-corrected chi connectivity index (χ4v) is 3.75. The van der Waals surface area contributed by atoms with Gasteiger partial charge in [-0.2, -0.15) is 0 Å². The maximum atomic E-state index is 12.9. The highest BCUT2D eigenvalue weighted by atomic mass is 16.5. The number of methoxy groups -OCH3 is 1. The van der Waals surface area contributed by atoms with Crippen LogP contribution in [0.3, 0.4) is 0 Å². The van der Waals surface area contributed by atoms with Crippen molar-refractivity contribution in [2.75, 3.05) is 37.0 Å². The van der Waals surface area contributed by atoms with Crippen molar-refractivity contribution in [2.24, 2.45) is 5.92 Å². The predicted molar refractivity (Wildman–Crippen MR) is 117 cm³/mol. The van der Waals surface area contributed by atoms with E-state index in [4.69, 9.17) is 14.5 Å². The van der Waals surface area contributed by atoms with Gasteiger partial charge in [-0.25, -0.2) is 9.97 Å². The van der Waals surface area contributed by atoms with Crippen LogP contribution in [-0.2, 0) is 4.79 Å². The van der Waals surface area contributed by atoms with Crippen molar-refractivity contribution >= 4 is 28.4 Å². The SMILES string of the molecule is CCOc1ccc(NC(=O)C2CCCN(c3nc4ccccc4nc3OC)C2)cc1. The van der Waals surface area contributed by atoms with Crippen LogP contribution in [0.5, 0.6) is 11.6 Å². The molecular weight excluding hydrogens is 380 g/mol. The Kier molecular flexibility index (Phi) is 5.97. The predicted octanol–water partition coefficient (Wildman–Crippen LogP) is 3.89. The molecule has 0 bridgehead atoms. The number of benzene rings is 2. The van der Waals surface area contributed by atoms with Gasteiger partial charge in [-0.3, -0.25) is 4.79 Å². The third-order valence-corrected chi connectivity index (χ3v) is 5.24. The number of rotatable bonds is 6. The minimum Gasteiger partial charge on any atom is -0.494 e. The lowest BCUT2D eigenvalue weighted by molar-refractivity contribution is -0.120. The Balaban J connectivity index is 1.49. The molecule has 156 valence electrons. The quantitative estimate of drug-likeness (QED) is 0.669. The maximum absolute atomic E-state index is 12.9. The normalized spacial score (nSPS) is 16.3. The van der Waals surface area contributed by atoms with Gasteiger partial charge < -0.3 is 19.7 Å². The highest BCUT2D eigenvalue weighted by Crippen LogP contribution is 2.30. The van der Waals surface area contributed by atoms with Gasteiger partial charge in [0.1, 0.15) is 5.75 Å². The molecule has 1 unspecified atom stereocenters. The molecule has 1 aliphatic heterocycles. The molecule has 1 amide bonds. The summed E-state index contributed by atoms with van der Waals surface area (Å²) in [6, 6.07) is 15.2. The van der Waals surface area contributed by atoms with Crippen molar-refractivity contribution in [1.82, 2.24) is 9.97 Å². The van der Waals surface area contributed by atoms with E-state index in [0.717, 1.165) is 41.9 Å². The second kappa shape index (κ2) is 8.98. The Morgan fingerprint density at radius 1 is 1.13 bits per heavy atom. The minimum absolute atomic E-state index is 0.0107. The van der Waals surface area contributed by atoms with E-state index < -0.39 is 0 Å². The van der Waals surface area contributed by atoms with Crippen molar-refractivity contribution in [2.45, 2.75) is 19.8 Å². The van der Waals surface area contributed by atoms with Gasteiger partial charge in [-0.15, -0.1) is 0 Å². The van der Waals surface area contributed by atoms with E-state index in [1.165, 1.54) is 0 Å². The van der Waals surface area contributed by atoms with Crippen LogP contribution in [0.25, 0.3) is 11.0 Å². The number of piperidine rings is 1. The van der Waals surface area contributed by atoms with Crippen molar-refractivity contribution in [3.05, 3.63) is 48.5 Å². The third kappa shape index (κ3) is 4.30. The number of hydrogen-bond acceptors (Lipinski definition) is 6. The number of fused-ring (bicyclic) bond motifs is 1. The fraction of sp³-hybridized carbons (Fsp3) is 0.348. The number of amides is 1. The number of carbonyl (C=O) groups is 1. The van der Waals surface area contributed by atoms with Crippen molar-refractivity contribution in [3.8, 4) is 11.6 Å². The summed E-state index contributed by atoms with van der Waals surface area (Å²) in [7, 11) is 1.60. The molecule has 7 heteroatoms. The second-order valence-corrected chi connectivity index (χ2v) is 7.28. The van der Waals surface area contributed by atoms with Gasteiger partial charge in [-0.1, -0.05) is 12.1 Å². The first kappa shape index (κ1) is 19.9. The van der Waals surface area contributed by atoms with Gasteiger partial charge in [0.25, 0.3) is 5.88 Å². The molecule has 1 aliphatic rings. The van der Waals surface area contributed by atoms with Crippen LogP contribution in [0.15, 0.2) is 48.5 Å². The van der Waals surface area contributed by atoms with Crippen molar-refractivity contribution < 1.29 is 14.3 Å². The molecule has 2 aromatic carbocycles. The second-order valence-electron chi connectivity index (χ2n) is 7.28. The van der Waals surface area contributed by atoms with Crippen LogP contribution in [0.2, 0.25) is 0 Å². The summed E-state index contributed by atoms with van der Waals surface area (Å²) in [6.07, 6.45) is 1.74. The lowest BCUT2D eigenvalue weighted by Crippen LogP contribution is -2.41. The molecule has 1 fully saturated rings. The summed E-state index contributed by atoms with van der Waals surface area (Å²) in [5.74, 6) is 1.84. The van der Waals surface area contributed by atoms with Crippen molar-refractivity contribution in [1.29, 1.82) is 0 Å². The number of para-hydroxylation sites is 2. The standard InChI is InChI=1S/C23H26N4O3/c1-3-30-18-12-10-17(11-13-18)24-22(28)16-7-6-14-27(15-16)21-23(29-2)26-20-9-5-4-8-19(20)25-21/h4-5,8-13,16H,3,6-7,14-15H2,1-2H3,(H,24,28). The number of carbonyl (C=O) groups excluding carboxylic acids is 1. The van der Waals surface area contributed by atoms with E-state index in [-0.39, 0.29) is 11.8 Å². The van der Waals surface area contributed by atoms with E-state index in [9.17, 15) is 4.79 Å². The highest BCUT2D eigenvalue weighted by Gasteiger charge is 2.29. The van der Waals surface area contributed by atoms with Crippen LogP contribution in [0.1, 0.15) is 19.8 Å². The summed E-state index contributed by atoms with van der Waals surface area (Å²) >= 11 is 0. The number of hydrogen-bond donors (Lipinski definition) is 1. The molecular formula is C23H26N4O3. The Labute approximate surface area is 176 Å². The van der Waals surface area contributed by atoms with Crippen LogP contribution >= 0.6 is 0 Å². The third-order valence-electron chi connectivity index (χ3n) is 5.24. The van der Waals surface area contributed by atoms with Crippen molar-refractivity contribution in [3.63, 3.8) is 0 Å². The summed E-state index contributed by atoms with van der Waals surface area (Å²) in [6.45, 7) is 3.95. The summed E-state index contributed by atoms with van der Waals surface area (Å²) < 4.78 is 11.0. The van der Waals surface area contributed by atoms with Gasteiger partial charge in [0.05, 0.1) is 30.7 Å². The van der Waals surface area contributed by atoms with Gasteiger partial charge in [0.15, 0.2) is 5.82 Å². The van der Waals surface area contributed by atoms with Gasteiger partial charge in [-0.05, 0) is 56.2 Å². The monoisotopic (exact) mass is 406 g/mol. The van der Waals surface area contributed by atoms with Crippen LogP contribution in [0, 0.1) is 5.92 Å². The zero-order valence-corrected chi connectivity index (χ0v) is 17.3. The maximum Gasteiger partial charge on any atom is 0.257 e. The lowest BCUT2D eigenvalue weighted by atomic mass is 9.97. The first-order valence-electron chi connectivity index (χ1n) is 10.3. The van der Waals surface area contributed by atoms with Gasteiger partial charge >= 0.3 is 0 Å². The molecule has 2 heterocycles. The molecule has 4 rings (SSSR count). The number of nitrogens with zero attached hydrogens (tertiary/aromatic N) is 3. The molecule has 0 spiro atoms. The zero-order valence-electron chi connectivity index (χ0n) is 17.3. The molecule has 1 N–H and O–H groups in total. The molecule has 3 aromatic rings. The summed E-state index contributed by atoms with van der Waals surface area (Å²) in [4.78, 5) is 24.3. The number of anilines is 2. The average molecular weight is 406 g/mol. The lowest BCUT2D eigenvalue weighted by Gasteiger charge is -2.33. The molecule has 1 atom stereocenters. The first-order chi connectivity index (χ1) is 14.7. The Bertz CT molecular complexity index is 1020. The average Bonchev–Trinajstić information content (AvgIpc) is 2.79. The topological polar surface area (TPSA) is 76.6 Å². The van der Waals surface area contributed by atoms with E-state index >= 15 is 0 Å². The number of ether oxygens (including phenoxy) is 2. The molecule has 1 saturated heterocycles. The molecule has 0 aliphatic carbocycles. The van der Waals surface area contributed by atoms with Crippen LogP contribution < -0.4 is 19.7 Å². The van der Waals surface area contributed by atoms with Gasteiger partial charge in [0, 0.05) is 18.8 Å². The molecule has 0 saturated carbocycles. The number of aromatic nitrogens is 2. The Morgan fingerprint density at radius 2 is 1.87 bits per heavy atom. The Morgan fingerprint density at radius 3 is 2.57 bits per heavy atom. The van der Waals surface area contributed by atoms with E-state index in [2.05, 4.69) is 15.2 Å². The summed E-state index contributed by atoms with van der Waals surface area (Å²) in [5, 5.41) is 3.02. The smallest absolute Gasteiger partial charge is 0.257 e. The van der Waals surface area contributed by atoms with E-state index in [1.54, 1.807) is 7.11 Å². The molecule has 30 heavy (non-hydrogen) atoms. The number of nitrogens with one attached hydrogen (secondary N) is 1. The largest absolute Gasteiger partial charge is 0.494 e. The first-order valence-corrected chi connectivity index (χ1v) is 10.3. The Hall–Kier alpha value is -3.35. The van der Waals surface area contributed by atoms with Crippen LogP contribution in [0.4, 0.5) is 11.5 Å². The minimum atomic E-state index is -0.136.